The Bertz CT molecular complexity index is 473. The molecule has 86 valence electrons. The molecule has 0 aliphatic carbocycles. The highest BCUT2D eigenvalue weighted by Gasteiger charge is 2.19. The van der Waals surface area contributed by atoms with Gasteiger partial charge in [-0.1, -0.05) is 12.1 Å². The first-order valence-electron chi connectivity index (χ1n) is 5.16. The molecule has 2 aromatic rings. The van der Waals surface area contributed by atoms with Crippen molar-refractivity contribution in [2.24, 2.45) is 12.8 Å². The van der Waals surface area contributed by atoms with Crippen molar-refractivity contribution in [1.29, 1.82) is 0 Å². The van der Waals surface area contributed by atoms with Gasteiger partial charge in [0.1, 0.15) is 0 Å². The Labute approximate surface area is 93.5 Å². The molecule has 0 bridgehead atoms. The summed E-state index contributed by atoms with van der Waals surface area (Å²) in [6, 6.07) is -0.0188. The molecule has 0 aromatic carbocycles. The molecule has 2 N–H and O–H groups in total. The smallest absolute Gasteiger partial charge is 0.238 e. The van der Waals surface area contributed by atoms with Crippen LogP contribution in [0.15, 0.2) is 16.9 Å². The average Bonchev–Trinajstić information content (AvgIpc) is 2.84. The molecule has 0 spiro atoms. The Kier molecular flexibility index (Phi) is 2.74. The predicted octanol–water partition coefficient (Wildman–Crippen LogP) is 0.921. The lowest BCUT2D eigenvalue weighted by molar-refractivity contribution is 0.346. The monoisotopic (exact) mass is 221 g/mol. The van der Waals surface area contributed by atoms with Crippen molar-refractivity contribution < 1.29 is 4.52 Å². The molecule has 0 aliphatic heterocycles. The zero-order valence-electron chi connectivity index (χ0n) is 9.58. The molecule has 16 heavy (non-hydrogen) atoms. The van der Waals surface area contributed by atoms with E-state index < -0.39 is 0 Å². The molecule has 2 rings (SSSR count). The topological polar surface area (TPSA) is 82.8 Å². The van der Waals surface area contributed by atoms with Crippen molar-refractivity contribution in [2.75, 3.05) is 0 Å². The van der Waals surface area contributed by atoms with E-state index in [9.17, 15) is 0 Å². The van der Waals surface area contributed by atoms with E-state index in [1.54, 1.807) is 6.20 Å². The second kappa shape index (κ2) is 4.05. The Morgan fingerprint density at radius 3 is 2.75 bits per heavy atom. The Morgan fingerprint density at radius 1 is 1.44 bits per heavy atom. The van der Waals surface area contributed by atoms with E-state index in [-0.39, 0.29) is 12.0 Å². The molecule has 2 heterocycles. The second-order valence-corrected chi connectivity index (χ2v) is 3.97. The fourth-order valence-electron chi connectivity index (χ4n) is 1.32. The van der Waals surface area contributed by atoms with Crippen LogP contribution in [-0.2, 0) is 7.05 Å². The van der Waals surface area contributed by atoms with E-state index in [4.69, 9.17) is 10.3 Å². The van der Waals surface area contributed by atoms with Crippen molar-refractivity contribution in [2.45, 2.75) is 25.8 Å². The van der Waals surface area contributed by atoms with Gasteiger partial charge in [0.2, 0.25) is 11.7 Å². The van der Waals surface area contributed by atoms with Gasteiger partial charge in [0, 0.05) is 25.5 Å². The van der Waals surface area contributed by atoms with Gasteiger partial charge < -0.3 is 14.8 Å². The van der Waals surface area contributed by atoms with Gasteiger partial charge in [-0.2, -0.15) is 4.98 Å². The largest absolute Gasteiger partial charge is 0.339 e. The standard InChI is InChI=1S/C10H15N5O/c1-6(7(2)11)10-13-8(14-16-10)9-12-4-5-15(9)3/h4-7H,11H2,1-3H3. The maximum Gasteiger partial charge on any atom is 0.238 e. The Morgan fingerprint density at radius 2 is 2.19 bits per heavy atom. The lowest BCUT2D eigenvalue weighted by Crippen LogP contribution is -2.22. The van der Waals surface area contributed by atoms with Gasteiger partial charge >= 0.3 is 0 Å². The molecule has 0 saturated heterocycles. The number of hydrogen-bond donors (Lipinski definition) is 1. The minimum absolute atomic E-state index is 0.0188. The van der Waals surface area contributed by atoms with Crippen LogP contribution in [0, 0.1) is 0 Å². The van der Waals surface area contributed by atoms with Crippen LogP contribution in [0.2, 0.25) is 0 Å². The van der Waals surface area contributed by atoms with Crippen LogP contribution in [0.3, 0.4) is 0 Å². The van der Waals surface area contributed by atoms with Crippen LogP contribution in [0.25, 0.3) is 11.6 Å². The molecule has 0 amide bonds. The summed E-state index contributed by atoms with van der Waals surface area (Å²) in [6.07, 6.45) is 3.53. The summed E-state index contributed by atoms with van der Waals surface area (Å²) in [5, 5.41) is 3.90. The first-order valence-corrected chi connectivity index (χ1v) is 5.16. The molecule has 6 nitrogen and oxygen atoms in total. The molecule has 2 unspecified atom stereocenters. The van der Waals surface area contributed by atoms with Gasteiger partial charge in [-0.15, -0.1) is 0 Å². The van der Waals surface area contributed by atoms with E-state index >= 15 is 0 Å². The molecular formula is C10H15N5O. The van der Waals surface area contributed by atoms with Crippen LogP contribution in [0.5, 0.6) is 0 Å². The van der Waals surface area contributed by atoms with Crippen LogP contribution >= 0.6 is 0 Å². The third-order valence-corrected chi connectivity index (χ3v) is 2.64. The molecule has 0 fully saturated rings. The SMILES string of the molecule is CC(N)C(C)c1nc(-c2nccn2C)no1. The maximum atomic E-state index is 5.78. The quantitative estimate of drug-likeness (QED) is 0.833. The summed E-state index contributed by atoms with van der Waals surface area (Å²) in [5.41, 5.74) is 5.78. The van der Waals surface area contributed by atoms with Crippen LogP contribution in [-0.4, -0.2) is 25.7 Å². The first-order chi connectivity index (χ1) is 7.59. The third-order valence-electron chi connectivity index (χ3n) is 2.64. The number of nitrogens with two attached hydrogens (primary N) is 1. The predicted molar refractivity (Wildman–Crippen MR) is 58.6 cm³/mol. The summed E-state index contributed by atoms with van der Waals surface area (Å²) in [6.45, 7) is 3.87. The molecule has 2 atom stereocenters. The zero-order chi connectivity index (χ0) is 11.7. The van der Waals surface area contributed by atoms with Crippen LogP contribution in [0.1, 0.15) is 25.7 Å². The van der Waals surface area contributed by atoms with Gasteiger partial charge in [0.15, 0.2) is 5.82 Å². The van der Waals surface area contributed by atoms with Gasteiger partial charge in [0.05, 0.1) is 5.92 Å². The van der Waals surface area contributed by atoms with E-state index in [1.165, 1.54) is 0 Å². The lowest BCUT2D eigenvalue weighted by Gasteiger charge is -2.09. The third kappa shape index (κ3) is 1.83. The minimum Gasteiger partial charge on any atom is -0.339 e. The Hall–Kier alpha value is -1.69. The number of rotatable bonds is 3. The minimum atomic E-state index is -0.0188. The highest BCUT2D eigenvalue weighted by atomic mass is 16.5. The van der Waals surface area contributed by atoms with Gasteiger partial charge in [-0.25, -0.2) is 4.98 Å². The normalized spacial score (nSPS) is 15.0. The van der Waals surface area contributed by atoms with Crippen LogP contribution < -0.4 is 5.73 Å². The summed E-state index contributed by atoms with van der Waals surface area (Å²) < 4.78 is 7.01. The van der Waals surface area contributed by atoms with Crippen molar-refractivity contribution in [1.82, 2.24) is 19.7 Å². The summed E-state index contributed by atoms with van der Waals surface area (Å²) >= 11 is 0. The molecular weight excluding hydrogens is 206 g/mol. The number of aromatic nitrogens is 4. The van der Waals surface area contributed by atoms with Crippen molar-refractivity contribution in [3.8, 4) is 11.6 Å². The highest BCUT2D eigenvalue weighted by Crippen LogP contribution is 2.19. The average molecular weight is 221 g/mol. The van der Waals surface area contributed by atoms with E-state index in [0.29, 0.717) is 17.5 Å². The van der Waals surface area contributed by atoms with E-state index in [2.05, 4.69) is 15.1 Å². The van der Waals surface area contributed by atoms with E-state index in [0.717, 1.165) is 0 Å². The highest BCUT2D eigenvalue weighted by molar-refractivity contribution is 5.42. The van der Waals surface area contributed by atoms with Crippen molar-refractivity contribution >= 4 is 0 Å². The van der Waals surface area contributed by atoms with Crippen LogP contribution in [0.4, 0.5) is 0 Å². The molecule has 0 radical (unpaired) electrons. The van der Waals surface area contributed by atoms with Crippen molar-refractivity contribution in [3.05, 3.63) is 18.3 Å². The zero-order valence-corrected chi connectivity index (χ0v) is 9.58. The summed E-state index contributed by atoms with van der Waals surface area (Å²) in [7, 11) is 1.88. The van der Waals surface area contributed by atoms with Gasteiger partial charge in [0.25, 0.3) is 0 Å². The Balaban J connectivity index is 2.30. The number of nitrogens with zero attached hydrogens (tertiary/aromatic N) is 4. The number of imidazole rings is 1. The maximum absolute atomic E-state index is 5.78. The van der Waals surface area contributed by atoms with Gasteiger partial charge in [-0.3, -0.25) is 0 Å². The first kappa shape index (κ1) is 10.8. The molecule has 0 aliphatic rings. The fourth-order valence-corrected chi connectivity index (χ4v) is 1.32. The molecule has 6 heteroatoms. The lowest BCUT2D eigenvalue weighted by atomic mass is 10.1. The van der Waals surface area contributed by atoms with Gasteiger partial charge in [-0.05, 0) is 6.92 Å². The molecule has 2 aromatic heterocycles. The summed E-state index contributed by atoms with van der Waals surface area (Å²) in [5.74, 6) is 1.77. The molecule has 0 saturated carbocycles. The number of aryl methyl sites for hydroxylation is 1. The van der Waals surface area contributed by atoms with Crippen molar-refractivity contribution in [3.63, 3.8) is 0 Å². The summed E-state index contributed by atoms with van der Waals surface area (Å²) in [4.78, 5) is 8.44. The second-order valence-electron chi connectivity index (χ2n) is 3.97. The fraction of sp³-hybridized carbons (Fsp3) is 0.500. The number of hydrogen-bond acceptors (Lipinski definition) is 5. The van der Waals surface area contributed by atoms with E-state index in [1.807, 2.05) is 31.7 Å².